The highest BCUT2D eigenvalue weighted by Gasteiger charge is 2.09. The van der Waals surface area contributed by atoms with Crippen molar-refractivity contribution >= 4 is 17.6 Å². The lowest BCUT2D eigenvalue weighted by Gasteiger charge is -2.07. The summed E-state index contributed by atoms with van der Waals surface area (Å²) in [5.41, 5.74) is 1.48. The van der Waals surface area contributed by atoms with E-state index in [2.05, 4.69) is 5.32 Å². The zero-order chi connectivity index (χ0) is 13.5. The predicted octanol–water partition coefficient (Wildman–Crippen LogP) is 1.62. The van der Waals surface area contributed by atoms with Gasteiger partial charge in [-0.25, -0.2) is 0 Å². The van der Waals surface area contributed by atoms with Gasteiger partial charge in [-0.3, -0.25) is 9.59 Å². The van der Waals surface area contributed by atoms with Crippen LogP contribution in [0.15, 0.2) is 18.2 Å². The molecular formula is C13H14N2O3. The Balaban J connectivity index is 2.90. The van der Waals surface area contributed by atoms with Gasteiger partial charge in [0.15, 0.2) is 0 Å². The van der Waals surface area contributed by atoms with Gasteiger partial charge in [0, 0.05) is 12.6 Å². The first-order valence-electron chi connectivity index (χ1n) is 5.53. The van der Waals surface area contributed by atoms with Gasteiger partial charge in [-0.2, -0.15) is 5.26 Å². The molecule has 1 N–H and O–H groups in total. The fourth-order valence-corrected chi connectivity index (χ4v) is 1.48. The van der Waals surface area contributed by atoms with Gasteiger partial charge in [0.2, 0.25) is 5.91 Å². The van der Waals surface area contributed by atoms with Gasteiger partial charge in [0.05, 0.1) is 24.7 Å². The van der Waals surface area contributed by atoms with E-state index in [0.717, 1.165) is 0 Å². The lowest BCUT2D eigenvalue weighted by molar-refractivity contribution is -0.142. The van der Waals surface area contributed by atoms with E-state index in [1.807, 2.05) is 6.07 Å². The van der Waals surface area contributed by atoms with Crippen LogP contribution in [0.25, 0.3) is 0 Å². The first-order chi connectivity index (χ1) is 8.56. The molecule has 0 unspecified atom stereocenters. The Hall–Kier alpha value is -2.35. The number of hydrogen-bond donors (Lipinski definition) is 1. The van der Waals surface area contributed by atoms with Crippen molar-refractivity contribution in [2.75, 3.05) is 11.9 Å². The molecule has 0 aliphatic rings. The van der Waals surface area contributed by atoms with Crippen molar-refractivity contribution in [1.82, 2.24) is 0 Å². The number of ether oxygens (including phenoxy) is 1. The highest BCUT2D eigenvalue weighted by atomic mass is 16.5. The Morgan fingerprint density at radius 1 is 1.44 bits per heavy atom. The smallest absolute Gasteiger partial charge is 0.310 e. The number of rotatable bonds is 4. The predicted molar refractivity (Wildman–Crippen MR) is 65.8 cm³/mol. The maximum Gasteiger partial charge on any atom is 0.310 e. The molecule has 18 heavy (non-hydrogen) atoms. The maximum atomic E-state index is 11.3. The Morgan fingerprint density at radius 2 is 2.17 bits per heavy atom. The summed E-state index contributed by atoms with van der Waals surface area (Å²) < 4.78 is 4.82. The summed E-state index contributed by atoms with van der Waals surface area (Å²) in [6.45, 7) is 3.42. The number of carbonyl (C=O) groups excluding carboxylic acids is 2. The minimum Gasteiger partial charge on any atom is -0.466 e. The molecule has 0 bridgehead atoms. The van der Waals surface area contributed by atoms with Crippen LogP contribution in [0.2, 0.25) is 0 Å². The third kappa shape index (κ3) is 3.91. The number of anilines is 1. The number of carbonyl (C=O) groups is 2. The van der Waals surface area contributed by atoms with E-state index in [4.69, 9.17) is 10.00 Å². The number of hydrogen-bond acceptors (Lipinski definition) is 4. The summed E-state index contributed by atoms with van der Waals surface area (Å²) >= 11 is 0. The molecule has 5 nitrogen and oxygen atoms in total. The maximum absolute atomic E-state index is 11.3. The second-order valence-corrected chi connectivity index (χ2v) is 3.65. The molecule has 0 radical (unpaired) electrons. The van der Waals surface area contributed by atoms with Crippen LogP contribution in [0.1, 0.15) is 25.0 Å². The highest BCUT2D eigenvalue weighted by Crippen LogP contribution is 2.16. The van der Waals surface area contributed by atoms with E-state index >= 15 is 0 Å². The molecule has 0 heterocycles. The molecule has 1 amide bonds. The van der Waals surface area contributed by atoms with Gasteiger partial charge in [-0.05, 0) is 24.6 Å². The SMILES string of the molecule is CCOC(=O)Cc1ccc(NC(C)=O)cc1C#N. The van der Waals surface area contributed by atoms with E-state index in [1.165, 1.54) is 13.0 Å². The summed E-state index contributed by atoms with van der Waals surface area (Å²) in [6.07, 6.45) is 0.0527. The van der Waals surface area contributed by atoms with Crippen LogP contribution >= 0.6 is 0 Å². The van der Waals surface area contributed by atoms with E-state index in [-0.39, 0.29) is 18.3 Å². The van der Waals surface area contributed by atoms with E-state index in [9.17, 15) is 9.59 Å². The Labute approximate surface area is 105 Å². The van der Waals surface area contributed by atoms with Crippen LogP contribution in [-0.4, -0.2) is 18.5 Å². The normalized spacial score (nSPS) is 9.39. The van der Waals surface area contributed by atoms with Gasteiger partial charge >= 0.3 is 5.97 Å². The van der Waals surface area contributed by atoms with Crippen molar-refractivity contribution in [1.29, 1.82) is 5.26 Å². The van der Waals surface area contributed by atoms with Crippen LogP contribution in [-0.2, 0) is 20.7 Å². The molecule has 1 aromatic carbocycles. The molecule has 1 aromatic rings. The summed E-state index contributed by atoms with van der Waals surface area (Å²) in [5.74, 6) is -0.585. The zero-order valence-corrected chi connectivity index (χ0v) is 10.3. The molecule has 0 aliphatic carbocycles. The molecule has 0 fully saturated rings. The topological polar surface area (TPSA) is 79.2 Å². The largest absolute Gasteiger partial charge is 0.466 e. The van der Waals surface area contributed by atoms with Crippen LogP contribution in [0.5, 0.6) is 0 Å². The van der Waals surface area contributed by atoms with Crippen molar-refractivity contribution in [3.05, 3.63) is 29.3 Å². The second-order valence-electron chi connectivity index (χ2n) is 3.65. The van der Waals surface area contributed by atoms with Crippen LogP contribution in [0, 0.1) is 11.3 Å². The molecule has 0 aliphatic heterocycles. The van der Waals surface area contributed by atoms with E-state index in [0.29, 0.717) is 23.4 Å². The molecule has 94 valence electrons. The van der Waals surface area contributed by atoms with Crippen LogP contribution in [0.4, 0.5) is 5.69 Å². The molecule has 0 atom stereocenters. The first-order valence-corrected chi connectivity index (χ1v) is 5.53. The lowest BCUT2D eigenvalue weighted by Crippen LogP contribution is -2.10. The fourth-order valence-electron chi connectivity index (χ4n) is 1.48. The molecule has 0 saturated carbocycles. The molecule has 0 aromatic heterocycles. The molecule has 0 spiro atoms. The molecular weight excluding hydrogens is 232 g/mol. The third-order valence-electron chi connectivity index (χ3n) is 2.19. The monoisotopic (exact) mass is 246 g/mol. The van der Waals surface area contributed by atoms with Crippen molar-refractivity contribution in [2.45, 2.75) is 20.3 Å². The number of nitriles is 1. The Morgan fingerprint density at radius 3 is 2.72 bits per heavy atom. The van der Waals surface area contributed by atoms with Gasteiger partial charge in [-0.1, -0.05) is 6.07 Å². The van der Waals surface area contributed by atoms with Gasteiger partial charge < -0.3 is 10.1 Å². The zero-order valence-electron chi connectivity index (χ0n) is 10.3. The van der Waals surface area contributed by atoms with E-state index < -0.39 is 0 Å². The minimum absolute atomic E-state index is 0.0527. The van der Waals surface area contributed by atoms with Gasteiger partial charge in [0.25, 0.3) is 0 Å². The third-order valence-corrected chi connectivity index (χ3v) is 2.19. The van der Waals surface area contributed by atoms with Gasteiger partial charge in [0.1, 0.15) is 0 Å². The Kier molecular flexibility index (Phi) is 4.88. The summed E-state index contributed by atoms with van der Waals surface area (Å²) in [5, 5.41) is 11.6. The number of esters is 1. The van der Waals surface area contributed by atoms with Crippen molar-refractivity contribution < 1.29 is 14.3 Å². The molecule has 1 rings (SSSR count). The minimum atomic E-state index is -0.374. The quantitative estimate of drug-likeness (QED) is 0.819. The standard InChI is InChI=1S/C13H14N2O3/c1-3-18-13(17)7-10-4-5-12(15-9(2)16)6-11(10)8-14/h4-6H,3,7H2,1-2H3,(H,15,16). The average molecular weight is 246 g/mol. The average Bonchev–Trinajstić information content (AvgIpc) is 2.30. The van der Waals surface area contributed by atoms with E-state index in [1.54, 1.807) is 19.1 Å². The van der Waals surface area contributed by atoms with Crippen molar-refractivity contribution in [3.63, 3.8) is 0 Å². The lowest BCUT2D eigenvalue weighted by atomic mass is 10.0. The summed E-state index contributed by atoms with van der Waals surface area (Å²) in [4.78, 5) is 22.2. The van der Waals surface area contributed by atoms with Crippen molar-refractivity contribution in [2.24, 2.45) is 0 Å². The number of nitrogens with zero attached hydrogens (tertiary/aromatic N) is 1. The van der Waals surface area contributed by atoms with Crippen molar-refractivity contribution in [3.8, 4) is 6.07 Å². The molecule has 0 saturated heterocycles. The second kappa shape index (κ2) is 6.40. The van der Waals surface area contributed by atoms with Crippen LogP contribution < -0.4 is 5.32 Å². The Bertz CT molecular complexity index is 503. The number of amides is 1. The highest BCUT2D eigenvalue weighted by molar-refractivity contribution is 5.89. The summed E-state index contributed by atoms with van der Waals surface area (Å²) in [6, 6.07) is 6.82. The number of nitrogens with one attached hydrogen (secondary N) is 1. The van der Waals surface area contributed by atoms with Gasteiger partial charge in [-0.15, -0.1) is 0 Å². The number of benzene rings is 1. The van der Waals surface area contributed by atoms with Crippen LogP contribution in [0.3, 0.4) is 0 Å². The summed E-state index contributed by atoms with van der Waals surface area (Å²) in [7, 11) is 0. The fraction of sp³-hybridized carbons (Fsp3) is 0.308. The first kappa shape index (κ1) is 13.7. The molecule has 5 heteroatoms.